The molecule has 10 heteroatoms. The molecule has 0 saturated heterocycles. The first kappa shape index (κ1) is 15.9. The molecule has 20 heavy (non-hydrogen) atoms. The second-order valence-corrected chi connectivity index (χ2v) is 4.05. The Kier molecular flexibility index (Phi) is 5.87. The van der Waals surface area contributed by atoms with Crippen LogP contribution >= 0.6 is 0 Å². The van der Waals surface area contributed by atoms with Crippen LogP contribution in [-0.2, 0) is 19.1 Å². The smallest absolute Gasteiger partial charge is 0.329 e. The molecule has 2 heterocycles. The van der Waals surface area contributed by atoms with E-state index in [2.05, 4.69) is 9.98 Å². The van der Waals surface area contributed by atoms with Crippen LogP contribution in [-0.4, -0.2) is 59.3 Å². The van der Waals surface area contributed by atoms with Gasteiger partial charge in [0.15, 0.2) is 0 Å². The van der Waals surface area contributed by atoms with Crippen LogP contribution in [0.25, 0.3) is 0 Å². The number of hydroxylamine groups is 2. The number of carbonyl (C=O) groups is 2. The summed E-state index contributed by atoms with van der Waals surface area (Å²) in [4.78, 5) is 28.6. The van der Waals surface area contributed by atoms with Crippen molar-refractivity contribution >= 4 is 23.6 Å². The van der Waals surface area contributed by atoms with Crippen molar-refractivity contribution in [3.63, 3.8) is 0 Å². The molecule has 10 nitrogen and oxygen atoms in total. The van der Waals surface area contributed by atoms with Crippen molar-refractivity contribution in [1.29, 1.82) is 0 Å². The van der Waals surface area contributed by atoms with Crippen molar-refractivity contribution in [3.05, 3.63) is 0 Å². The number of ether oxygens (including phenoxy) is 2. The molecule has 0 radical (unpaired) electrons. The number of aliphatic imine (C=N–C) groups is 2. The average molecular weight is 288 g/mol. The van der Waals surface area contributed by atoms with Crippen LogP contribution in [0.4, 0.5) is 0 Å². The lowest BCUT2D eigenvalue weighted by Crippen LogP contribution is -2.29. The van der Waals surface area contributed by atoms with Crippen molar-refractivity contribution in [2.75, 3.05) is 13.2 Å². The maximum Gasteiger partial charge on any atom is 0.329 e. The lowest BCUT2D eigenvalue weighted by Gasteiger charge is -2.01. The third-order valence-electron chi connectivity index (χ3n) is 2.20. The molecule has 2 rings (SSSR count). The minimum atomic E-state index is -0.690. The predicted molar refractivity (Wildman–Crippen MR) is 65.6 cm³/mol. The second kappa shape index (κ2) is 7.40. The van der Waals surface area contributed by atoms with Gasteiger partial charge in [-0.05, 0) is 13.8 Å². The molecule has 2 unspecified atom stereocenters. The lowest BCUT2D eigenvalue weighted by atomic mass is 10.4. The second-order valence-electron chi connectivity index (χ2n) is 4.05. The van der Waals surface area contributed by atoms with Crippen LogP contribution in [0, 0.1) is 0 Å². The van der Waals surface area contributed by atoms with Crippen molar-refractivity contribution in [2.24, 2.45) is 9.98 Å². The van der Waals surface area contributed by atoms with E-state index in [9.17, 15) is 9.59 Å². The highest BCUT2D eigenvalue weighted by atomic mass is 16.5. The topological polar surface area (TPSA) is 142 Å². The van der Waals surface area contributed by atoms with E-state index in [0.717, 1.165) is 0 Å². The lowest BCUT2D eigenvalue weighted by molar-refractivity contribution is -0.124. The van der Waals surface area contributed by atoms with Gasteiger partial charge in [0.2, 0.25) is 0 Å². The molecule has 0 aromatic carbocycles. The molecule has 112 valence electrons. The van der Waals surface area contributed by atoms with Gasteiger partial charge in [-0.2, -0.15) is 0 Å². The van der Waals surface area contributed by atoms with Crippen LogP contribution < -0.4 is 11.0 Å². The number of rotatable bonds is 2. The monoisotopic (exact) mass is 288 g/mol. The van der Waals surface area contributed by atoms with Gasteiger partial charge in [-0.3, -0.25) is 20.0 Å². The summed E-state index contributed by atoms with van der Waals surface area (Å²) in [5.74, 6) is -1.47. The standard InChI is InChI=1S/2C5H8N2O3/c1-3-2-10-5(6-3)4(8)7-9;1-3-2-6-5(10-3)4(8)7-9/h2*3,9H,2H2,1H3,(H,7,8). The first-order valence-corrected chi connectivity index (χ1v) is 5.78. The molecule has 4 N–H and O–H groups in total. The first-order chi connectivity index (χ1) is 9.47. The van der Waals surface area contributed by atoms with Gasteiger partial charge in [0.1, 0.15) is 12.7 Å². The van der Waals surface area contributed by atoms with E-state index in [1.165, 1.54) is 11.0 Å². The number of nitrogens with zero attached hydrogens (tertiary/aromatic N) is 2. The molecule has 0 bridgehead atoms. The summed E-state index contributed by atoms with van der Waals surface area (Å²) in [6.07, 6.45) is -0.0627. The van der Waals surface area contributed by atoms with Crippen LogP contribution in [0.2, 0.25) is 0 Å². The van der Waals surface area contributed by atoms with Gasteiger partial charge < -0.3 is 9.47 Å². The summed E-state index contributed by atoms with van der Waals surface area (Å²) >= 11 is 0. The fourth-order valence-electron chi connectivity index (χ4n) is 1.30. The summed E-state index contributed by atoms with van der Waals surface area (Å²) in [5, 5.41) is 16.2. The fraction of sp³-hybridized carbons (Fsp3) is 0.600. The summed E-state index contributed by atoms with van der Waals surface area (Å²) in [6.45, 7) is 4.49. The van der Waals surface area contributed by atoms with E-state index in [4.69, 9.17) is 19.9 Å². The Hall–Kier alpha value is -2.20. The maximum absolute atomic E-state index is 10.5. The number of nitrogens with one attached hydrogen (secondary N) is 2. The predicted octanol–water partition coefficient (Wildman–Crippen LogP) is -1.38. The van der Waals surface area contributed by atoms with Crippen LogP contribution in [0.15, 0.2) is 9.98 Å². The average Bonchev–Trinajstić information content (AvgIpc) is 3.06. The normalized spacial score (nSPS) is 23.4. The summed E-state index contributed by atoms with van der Waals surface area (Å²) in [5.41, 5.74) is 2.87. The Morgan fingerprint density at radius 3 is 2.20 bits per heavy atom. The first-order valence-electron chi connectivity index (χ1n) is 5.78. The molecular formula is C10H16N4O6. The zero-order chi connectivity index (χ0) is 15.1. The van der Waals surface area contributed by atoms with E-state index in [0.29, 0.717) is 13.2 Å². The molecule has 0 aliphatic carbocycles. The quantitative estimate of drug-likeness (QED) is 0.364. The Balaban J connectivity index is 0.000000200. The molecule has 2 amide bonds. The van der Waals surface area contributed by atoms with Gasteiger partial charge >= 0.3 is 11.8 Å². The van der Waals surface area contributed by atoms with Crippen LogP contribution in [0.1, 0.15) is 13.8 Å². The number of carbonyl (C=O) groups excluding carboxylic acids is 2. The van der Waals surface area contributed by atoms with Gasteiger partial charge in [0, 0.05) is 0 Å². The van der Waals surface area contributed by atoms with E-state index >= 15 is 0 Å². The zero-order valence-corrected chi connectivity index (χ0v) is 11.0. The summed E-state index contributed by atoms with van der Waals surface area (Å²) < 4.78 is 9.69. The van der Waals surface area contributed by atoms with Crippen molar-refractivity contribution < 1.29 is 29.5 Å². The Bertz CT molecular complexity index is 435. The number of hydrogen-bond donors (Lipinski definition) is 4. The molecule has 2 aliphatic rings. The molecular weight excluding hydrogens is 272 g/mol. The molecule has 2 atom stereocenters. The van der Waals surface area contributed by atoms with Crippen LogP contribution in [0.5, 0.6) is 0 Å². The van der Waals surface area contributed by atoms with Gasteiger partial charge in [0.05, 0.1) is 12.6 Å². The summed E-state index contributed by atoms with van der Waals surface area (Å²) in [6, 6.07) is 0.00676. The maximum atomic E-state index is 10.5. The fourth-order valence-corrected chi connectivity index (χ4v) is 1.30. The highest BCUT2D eigenvalue weighted by molar-refractivity contribution is 6.35. The Morgan fingerprint density at radius 2 is 1.80 bits per heavy atom. The zero-order valence-electron chi connectivity index (χ0n) is 11.0. The molecule has 0 fully saturated rings. The van der Waals surface area contributed by atoms with Crippen LogP contribution in [0.3, 0.4) is 0 Å². The molecule has 0 saturated carbocycles. The number of amides is 2. The van der Waals surface area contributed by atoms with E-state index < -0.39 is 11.8 Å². The molecule has 2 aliphatic heterocycles. The minimum Gasteiger partial charge on any atom is -0.472 e. The van der Waals surface area contributed by atoms with Gasteiger partial charge in [-0.15, -0.1) is 0 Å². The van der Waals surface area contributed by atoms with Gasteiger partial charge in [-0.25, -0.2) is 20.9 Å². The third-order valence-corrected chi connectivity index (χ3v) is 2.20. The Labute approximate surface area is 114 Å². The molecule has 0 aromatic heterocycles. The third kappa shape index (κ3) is 4.48. The minimum absolute atomic E-state index is 0.00676. The SMILES string of the molecule is CC1CN=C(C(=O)NO)O1.CC1COC(C(=O)NO)=N1. The molecule has 0 aromatic rings. The summed E-state index contributed by atoms with van der Waals surface area (Å²) in [7, 11) is 0. The Morgan fingerprint density at radius 1 is 1.20 bits per heavy atom. The van der Waals surface area contributed by atoms with Crippen molar-refractivity contribution in [2.45, 2.75) is 26.0 Å². The van der Waals surface area contributed by atoms with Gasteiger partial charge in [-0.1, -0.05) is 0 Å². The van der Waals surface area contributed by atoms with E-state index in [1.54, 1.807) is 6.92 Å². The largest absolute Gasteiger partial charge is 0.472 e. The van der Waals surface area contributed by atoms with E-state index in [1.807, 2.05) is 6.92 Å². The van der Waals surface area contributed by atoms with Crippen molar-refractivity contribution in [1.82, 2.24) is 11.0 Å². The highest BCUT2D eigenvalue weighted by Gasteiger charge is 2.21. The highest BCUT2D eigenvalue weighted by Crippen LogP contribution is 2.03. The van der Waals surface area contributed by atoms with Crippen molar-refractivity contribution in [3.8, 4) is 0 Å². The van der Waals surface area contributed by atoms with Gasteiger partial charge in [0.25, 0.3) is 11.8 Å². The van der Waals surface area contributed by atoms with E-state index in [-0.39, 0.29) is 23.9 Å². The molecule has 0 spiro atoms. The number of hydrogen-bond acceptors (Lipinski definition) is 8.